The van der Waals surface area contributed by atoms with E-state index in [0.717, 1.165) is 25.0 Å². The van der Waals surface area contributed by atoms with Crippen molar-refractivity contribution in [1.82, 2.24) is 0 Å². The maximum atomic E-state index is 14.0. The Labute approximate surface area is 198 Å². The van der Waals surface area contributed by atoms with Crippen LogP contribution in [-0.2, 0) is 6.67 Å². The number of rotatable bonds is 9. The van der Waals surface area contributed by atoms with E-state index in [4.69, 9.17) is 9.47 Å². The highest BCUT2D eigenvalue weighted by Crippen LogP contribution is 2.40. The van der Waals surface area contributed by atoms with E-state index < -0.39 is 47.1 Å². The standard InChI is InChI=1S/C19H21F3O2.C6H2F4O/c1-3-8-23-17-6-5-7-18(24-9-4-2)19(17)13-10-15(21)14(12-20)16(22)11-13;7-4-1-3(11-10)2-5(8)6(4)9/h5-7,10-11H,3-4,8-9,12H2,1-2H3;1-2H. The first-order chi connectivity index (χ1) is 16.8. The van der Waals surface area contributed by atoms with Gasteiger partial charge in [-0.3, -0.25) is 4.94 Å². The van der Waals surface area contributed by atoms with Crippen LogP contribution in [0.2, 0.25) is 0 Å². The van der Waals surface area contributed by atoms with E-state index in [-0.39, 0.29) is 5.56 Å². The summed E-state index contributed by atoms with van der Waals surface area (Å²) in [7, 11) is 0. The van der Waals surface area contributed by atoms with Crippen molar-refractivity contribution >= 4 is 0 Å². The van der Waals surface area contributed by atoms with Gasteiger partial charge < -0.3 is 9.47 Å². The monoisotopic (exact) mass is 504 g/mol. The summed E-state index contributed by atoms with van der Waals surface area (Å²) in [6, 6.07) is 8.25. The number of benzene rings is 3. The number of hydrogen-bond donors (Lipinski definition) is 0. The third-order valence-electron chi connectivity index (χ3n) is 4.52. The van der Waals surface area contributed by atoms with Crippen molar-refractivity contribution in [1.29, 1.82) is 0 Å². The number of halogens is 7. The maximum Gasteiger partial charge on any atom is 0.194 e. The summed E-state index contributed by atoms with van der Waals surface area (Å²) in [4.78, 5) is 2.98. The van der Waals surface area contributed by atoms with Gasteiger partial charge in [-0.2, -0.15) is 0 Å². The molecule has 0 saturated carbocycles. The molecule has 0 heterocycles. The predicted molar refractivity (Wildman–Crippen MR) is 116 cm³/mol. The zero-order valence-electron chi connectivity index (χ0n) is 18.9. The average molecular weight is 504 g/mol. The zero-order chi connectivity index (χ0) is 26.0. The lowest BCUT2D eigenvalue weighted by molar-refractivity contribution is -0.00711. The molecule has 190 valence electrons. The Morgan fingerprint density at radius 2 is 1.20 bits per heavy atom. The van der Waals surface area contributed by atoms with Gasteiger partial charge in [0.2, 0.25) is 0 Å². The van der Waals surface area contributed by atoms with Crippen LogP contribution in [0, 0.1) is 29.1 Å². The molecule has 0 N–H and O–H groups in total. The molecule has 0 spiro atoms. The first-order valence-electron chi connectivity index (χ1n) is 10.6. The minimum Gasteiger partial charge on any atom is -0.493 e. The average Bonchev–Trinajstić information content (AvgIpc) is 2.84. The van der Waals surface area contributed by atoms with Crippen LogP contribution in [0.15, 0.2) is 42.5 Å². The van der Waals surface area contributed by atoms with Gasteiger partial charge in [0.15, 0.2) is 23.2 Å². The van der Waals surface area contributed by atoms with Gasteiger partial charge >= 0.3 is 0 Å². The highest BCUT2D eigenvalue weighted by Gasteiger charge is 2.18. The Bertz CT molecular complexity index is 1050. The van der Waals surface area contributed by atoms with E-state index in [2.05, 4.69) is 4.94 Å². The summed E-state index contributed by atoms with van der Waals surface area (Å²) in [6.45, 7) is 3.68. The molecule has 0 aliphatic carbocycles. The van der Waals surface area contributed by atoms with Crippen LogP contribution in [0.4, 0.5) is 30.9 Å². The van der Waals surface area contributed by atoms with E-state index in [0.29, 0.717) is 42.4 Å². The summed E-state index contributed by atoms with van der Waals surface area (Å²) in [6.07, 6.45) is 1.59. The molecule has 0 fully saturated rings. The highest BCUT2D eigenvalue weighted by molar-refractivity contribution is 5.77. The van der Waals surface area contributed by atoms with Gasteiger partial charge in [0.1, 0.15) is 29.8 Å². The van der Waals surface area contributed by atoms with Crippen molar-refractivity contribution < 1.29 is 45.3 Å². The molecular weight excluding hydrogens is 481 g/mol. The number of hydrogen-bond acceptors (Lipinski definition) is 3. The van der Waals surface area contributed by atoms with Gasteiger partial charge in [-0.05, 0) is 42.7 Å². The normalized spacial score (nSPS) is 10.4. The SMILES string of the molecule is CCCOc1cccc(OCCC)c1-c1cc(F)c(CF)c(F)c1.FOc1cc(F)c(F)c(F)c1. The van der Waals surface area contributed by atoms with E-state index in [1.165, 1.54) is 0 Å². The summed E-state index contributed by atoms with van der Waals surface area (Å²) in [5, 5.41) is 0. The fourth-order valence-electron chi connectivity index (χ4n) is 2.91. The maximum absolute atomic E-state index is 14.0. The van der Waals surface area contributed by atoms with E-state index in [1.54, 1.807) is 18.2 Å². The van der Waals surface area contributed by atoms with Crippen LogP contribution in [0.5, 0.6) is 17.2 Å². The van der Waals surface area contributed by atoms with Crippen LogP contribution in [0.1, 0.15) is 32.3 Å². The van der Waals surface area contributed by atoms with Crippen LogP contribution in [-0.4, -0.2) is 13.2 Å². The van der Waals surface area contributed by atoms with Gasteiger partial charge in [-0.15, -0.1) is 0 Å². The topological polar surface area (TPSA) is 27.7 Å². The molecule has 0 amide bonds. The van der Waals surface area contributed by atoms with Crippen LogP contribution >= 0.6 is 0 Å². The van der Waals surface area contributed by atoms with E-state index in [1.807, 2.05) is 13.8 Å². The summed E-state index contributed by atoms with van der Waals surface area (Å²) in [5.41, 5.74) is 0.171. The number of ether oxygens (including phenoxy) is 2. The van der Waals surface area contributed by atoms with E-state index in [9.17, 15) is 30.9 Å². The molecular formula is C25H23F7O3. The van der Waals surface area contributed by atoms with Crippen molar-refractivity contribution in [3.8, 4) is 28.4 Å². The van der Waals surface area contributed by atoms with Crippen LogP contribution < -0.4 is 14.4 Å². The second-order valence-corrected chi connectivity index (χ2v) is 7.16. The summed E-state index contributed by atoms with van der Waals surface area (Å²) in [5.74, 6) is -6.20. The Morgan fingerprint density at radius 3 is 1.60 bits per heavy atom. The van der Waals surface area contributed by atoms with Crippen molar-refractivity contribution in [2.45, 2.75) is 33.4 Å². The van der Waals surface area contributed by atoms with Crippen molar-refractivity contribution in [2.75, 3.05) is 13.2 Å². The molecule has 3 aromatic carbocycles. The third-order valence-corrected chi connectivity index (χ3v) is 4.52. The van der Waals surface area contributed by atoms with Gasteiger partial charge in [-0.1, -0.05) is 19.9 Å². The Balaban J connectivity index is 0.000000328. The zero-order valence-corrected chi connectivity index (χ0v) is 18.9. The Hall–Kier alpha value is -3.43. The molecule has 0 radical (unpaired) electrons. The van der Waals surface area contributed by atoms with Crippen LogP contribution in [0.3, 0.4) is 0 Å². The molecule has 0 bridgehead atoms. The highest BCUT2D eigenvalue weighted by atomic mass is 19.3. The fraction of sp³-hybridized carbons (Fsp3) is 0.280. The van der Waals surface area contributed by atoms with Crippen molar-refractivity contribution in [3.05, 3.63) is 77.1 Å². The van der Waals surface area contributed by atoms with Crippen molar-refractivity contribution in [2.24, 2.45) is 0 Å². The second kappa shape index (κ2) is 13.5. The molecule has 0 aliphatic heterocycles. The molecule has 0 aliphatic rings. The van der Waals surface area contributed by atoms with Crippen LogP contribution in [0.25, 0.3) is 11.1 Å². The minimum absolute atomic E-state index is 0.264. The van der Waals surface area contributed by atoms with E-state index >= 15 is 0 Å². The molecule has 3 aromatic rings. The lowest BCUT2D eigenvalue weighted by Crippen LogP contribution is -2.02. The van der Waals surface area contributed by atoms with Crippen molar-refractivity contribution in [3.63, 3.8) is 0 Å². The predicted octanol–water partition coefficient (Wildman–Crippen LogP) is 8.05. The van der Waals surface area contributed by atoms with Gasteiger partial charge in [0.25, 0.3) is 0 Å². The van der Waals surface area contributed by atoms with Gasteiger partial charge in [0.05, 0.1) is 24.3 Å². The lowest BCUT2D eigenvalue weighted by Gasteiger charge is -2.17. The molecule has 10 heteroatoms. The Kier molecular flexibility index (Phi) is 10.7. The first kappa shape index (κ1) is 27.8. The number of alkyl halides is 1. The fourth-order valence-corrected chi connectivity index (χ4v) is 2.91. The summed E-state index contributed by atoms with van der Waals surface area (Å²) < 4.78 is 99.9. The molecule has 0 aromatic heterocycles. The minimum atomic E-state index is -1.65. The second-order valence-electron chi connectivity index (χ2n) is 7.16. The molecule has 3 rings (SSSR count). The molecule has 0 unspecified atom stereocenters. The molecule has 0 atom stereocenters. The first-order valence-corrected chi connectivity index (χ1v) is 10.6. The third kappa shape index (κ3) is 7.27. The molecule has 3 nitrogen and oxygen atoms in total. The summed E-state index contributed by atoms with van der Waals surface area (Å²) >= 11 is 0. The molecule has 35 heavy (non-hydrogen) atoms. The molecule has 0 saturated heterocycles. The van der Waals surface area contributed by atoms with Gasteiger partial charge in [-0.25, -0.2) is 26.3 Å². The Morgan fingerprint density at radius 1 is 0.714 bits per heavy atom. The largest absolute Gasteiger partial charge is 0.493 e. The smallest absolute Gasteiger partial charge is 0.194 e. The van der Waals surface area contributed by atoms with Gasteiger partial charge in [0, 0.05) is 16.7 Å². The quantitative estimate of drug-likeness (QED) is 0.218. The lowest BCUT2D eigenvalue weighted by atomic mass is 10.0.